The molecule has 1 fully saturated rings. The number of aliphatic carboxylic acids is 1. The number of carboxylic acids is 1. The summed E-state index contributed by atoms with van der Waals surface area (Å²) >= 11 is 0. The van der Waals surface area contributed by atoms with E-state index in [4.69, 9.17) is 5.11 Å². The van der Waals surface area contributed by atoms with Gasteiger partial charge in [0.05, 0.1) is 6.42 Å². The van der Waals surface area contributed by atoms with Crippen molar-refractivity contribution >= 4 is 12.0 Å². The van der Waals surface area contributed by atoms with E-state index in [0.717, 1.165) is 25.9 Å². The number of amides is 2. The van der Waals surface area contributed by atoms with Crippen molar-refractivity contribution < 1.29 is 14.7 Å². The minimum absolute atomic E-state index is 0.0196. The second-order valence-electron chi connectivity index (χ2n) is 5.30. The van der Waals surface area contributed by atoms with E-state index in [1.54, 1.807) is 0 Å². The van der Waals surface area contributed by atoms with E-state index in [1.165, 1.54) is 6.42 Å². The Hall–Kier alpha value is -1.26. The van der Waals surface area contributed by atoms with Gasteiger partial charge in [-0.1, -0.05) is 13.8 Å². The Bertz CT molecular complexity index is 292. The van der Waals surface area contributed by atoms with Gasteiger partial charge in [0.2, 0.25) is 0 Å². The maximum absolute atomic E-state index is 11.8. The molecule has 5 heteroatoms. The minimum Gasteiger partial charge on any atom is -0.481 e. The monoisotopic (exact) mass is 256 g/mol. The van der Waals surface area contributed by atoms with Gasteiger partial charge in [-0.2, -0.15) is 0 Å². The van der Waals surface area contributed by atoms with Gasteiger partial charge in [0.15, 0.2) is 0 Å². The largest absolute Gasteiger partial charge is 0.481 e. The van der Waals surface area contributed by atoms with Crippen molar-refractivity contribution in [1.82, 2.24) is 10.2 Å². The zero-order chi connectivity index (χ0) is 13.5. The fourth-order valence-electron chi connectivity index (χ4n) is 2.38. The Balaban J connectivity index is 2.33. The van der Waals surface area contributed by atoms with E-state index >= 15 is 0 Å². The van der Waals surface area contributed by atoms with Gasteiger partial charge in [-0.05, 0) is 31.1 Å². The van der Waals surface area contributed by atoms with Crippen molar-refractivity contribution in [1.29, 1.82) is 0 Å². The van der Waals surface area contributed by atoms with Crippen LogP contribution in [-0.4, -0.2) is 41.6 Å². The standard InChI is InChI=1S/C13H24N2O3/c1-10(2)11-4-3-8-15(9-6-11)13(18)14-7-5-12(16)17/h10-11H,3-9H2,1-2H3,(H,14,18)(H,16,17). The van der Waals surface area contributed by atoms with Crippen LogP contribution in [0.1, 0.15) is 39.5 Å². The average molecular weight is 256 g/mol. The number of hydrogen-bond donors (Lipinski definition) is 2. The zero-order valence-electron chi connectivity index (χ0n) is 11.3. The van der Waals surface area contributed by atoms with Crippen molar-refractivity contribution in [3.8, 4) is 0 Å². The number of carboxylic acid groups (broad SMARTS) is 1. The number of likely N-dealkylation sites (tertiary alicyclic amines) is 1. The number of rotatable bonds is 4. The van der Waals surface area contributed by atoms with Gasteiger partial charge in [-0.15, -0.1) is 0 Å². The fourth-order valence-corrected chi connectivity index (χ4v) is 2.38. The Labute approximate surface area is 109 Å². The highest BCUT2D eigenvalue weighted by atomic mass is 16.4. The van der Waals surface area contributed by atoms with Gasteiger partial charge in [0.25, 0.3) is 0 Å². The Morgan fingerprint density at radius 1 is 1.33 bits per heavy atom. The topological polar surface area (TPSA) is 69.6 Å². The van der Waals surface area contributed by atoms with Crippen molar-refractivity contribution in [2.45, 2.75) is 39.5 Å². The molecule has 0 aliphatic carbocycles. The van der Waals surface area contributed by atoms with Gasteiger partial charge < -0.3 is 15.3 Å². The first kappa shape index (κ1) is 14.8. The highest BCUT2D eigenvalue weighted by Gasteiger charge is 2.22. The maximum atomic E-state index is 11.8. The Morgan fingerprint density at radius 3 is 2.67 bits per heavy atom. The summed E-state index contributed by atoms with van der Waals surface area (Å²) in [5.41, 5.74) is 0. The Morgan fingerprint density at radius 2 is 2.06 bits per heavy atom. The van der Waals surface area contributed by atoms with Crippen molar-refractivity contribution in [3.63, 3.8) is 0 Å². The summed E-state index contributed by atoms with van der Waals surface area (Å²) in [6, 6.07) is -0.124. The van der Waals surface area contributed by atoms with Crippen LogP contribution in [0.4, 0.5) is 4.79 Å². The zero-order valence-corrected chi connectivity index (χ0v) is 11.3. The molecule has 1 atom stereocenters. The lowest BCUT2D eigenvalue weighted by Gasteiger charge is -2.21. The van der Waals surface area contributed by atoms with Crippen LogP contribution < -0.4 is 5.32 Å². The molecule has 1 saturated heterocycles. The Kier molecular flexibility index (Phi) is 5.95. The number of carbonyl (C=O) groups excluding carboxylic acids is 1. The molecule has 0 bridgehead atoms. The summed E-state index contributed by atoms with van der Waals surface area (Å²) in [7, 11) is 0. The van der Waals surface area contributed by atoms with E-state index in [9.17, 15) is 9.59 Å². The molecule has 2 N–H and O–H groups in total. The summed E-state index contributed by atoms with van der Waals surface area (Å²) in [5.74, 6) is 0.480. The van der Waals surface area contributed by atoms with Crippen LogP contribution in [0, 0.1) is 11.8 Å². The molecule has 1 rings (SSSR count). The number of nitrogens with one attached hydrogen (secondary N) is 1. The molecule has 1 unspecified atom stereocenters. The van der Waals surface area contributed by atoms with Gasteiger partial charge in [-0.3, -0.25) is 4.79 Å². The predicted octanol–water partition coefficient (Wildman–Crippen LogP) is 1.93. The first-order chi connectivity index (χ1) is 8.50. The molecule has 0 aromatic rings. The van der Waals surface area contributed by atoms with E-state index in [-0.39, 0.29) is 19.0 Å². The van der Waals surface area contributed by atoms with Crippen molar-refractivity contribution in [2.75, 3.05) is 19.6 Å². The van der Waals surface area contributed by atoms with Crippen LogP contribution in [0.3, 0.4) is 0 Å². The average Bonchev–Trinajstić information content (AvgIpc) is 2.53. The van der Waals surface area contributed by atoms with Crippen molar-refractivity contribution in [2.24, 2.45) is 11.8 Å². The van der Waals surface area contributed by atoms with Gasteiger partial charge in [-0.25, -0.2) is 4.79 Å². The molecular weight excluding hydrogens is 232 g/mol. The number of carbonyl (C=O) groups is 2. The fraction of sp³-hybridized carbons (Fsp3) is 0.846. The third-order valence-electron chi connectivity index (χ3n) is 3.62. The molecule has 1 aliphatic heterocycles. The van der Waals surface area contributed by atoms with Gasteiger partial charge in [0.1, 0.15) is 0 Å². The molecular formula is C13H24N2O3. The first-order valence-electron chi connectivity index (χ1n) is 6.75. The molecule has 1 aliphatic rings. The van der Waals surface area contributed by atoms with Gasteiger partial charge in [0, 0.05) is 19.6 Å². The van der Waals surface area contributed by atoms with Crippen molar-refractivity contribution in [3.05, 3.63) is 0 Å². The summed E-state index contributed by atoms with van der Waals surface area (Å²) in [6.45, 7) is 6.22. The quantitative estimate of drug-likeness (QED) is 0.807. The van der Waals surface area contributed by atoms with Crippen LogP contribution in [0.25, 0.3) is 0 Å². The van der Waals surface area contributed by atoms with E-state index in [0.29, 0.717) is 11.8 Å². The second kappa shape index (κ2) is 7.24. The first-order valence-corrected chi connectivity index (χ1v) is 6.75. The molecule has 1 heterocycles. The van der Waals surface area contributed by atoms with Crippen LogP contribution >= 0.6 is 0 Å². The van der Waals surface area contributed by atoms with Crippen LogP contribution in [0.15, 0.2) is 0 Å². The molecule has 0 saturated carbocycles. The molecule has 104 valence electrons. The summed E-state index contributed by atoms with van der Waals surface area (Å²) in [5, 5.41) is 11.2. The molecule has 18 heavy (non-hydrogen) atoms. The van der Waals surface area contributed by atoms with Crippen LogP contribution in [-0.2, 0) is 4.79 Å². The van der Waals surface area contributed by atoms with E-state index in [1.807, 2.05) is 4.90 Å². The minimum atomic E-state index is -0.883. The van der Waals surface area contributed by atoms with Crippen LogP contribution in [0.2, 0.25) is 0 Å². The van der Waals surface area contributed by atoms with E-state index < -0.39 is 5.97 Å². The smallest absolute Gasteiger partial charge is 0.317 e. The molecule has 0 aromatic carbocycles. The molecule has 0 radical (unpaired) electrons. The SMILES string of the molecule is CC(C)C1CCCN(C(=O)NCCC(=O)O)CC1. The second-order valence-corrected chi connectivity index (χ2v) is 5.30. The molecule has 2 amide bonds. The van der Waals surface area contributed by atoms with Gasteiger partial charge >= 0.3 is 12.0 Å². The number of nitrogens with zero attached hydrogens (tertiary/aromatic N) is 1. The third-order valence-corrected chi connectivity index (χ3v) is 3.62. The lowest BCUT2D eigenvalue weighted by molar-refractivity contribution is -0.136. The number of hydrogen-bond acceptors (Lipinski definition) is 2. The summed E-state index contributed by atoms with van der Waals surface area (Å²) in [6.07, 6.45) is 3.24. The molecule has 0 aromatic heterocycles. The molecule has 0 spiro atoms. The third kappa shape index (κ3) is 4.94. The van der Waals surface area contributed by atoms with Crippen LogP contribution in [0.5, 0.6) is 0 Å². The summed E-state index contributed by atoms with van der Waals surface area (Å²) in [4.78, 5) is 24.0. The maximum Gasteiger partial charge on any atom is 0.317 e. The highest BCUT2D eigenvalue weighted by Crippen LogP contribution is 2.24. The normalized spacial score (nSPS) is 20.6. The highest BCUT2D eigenvalue weighted by molar-refractivity contribution is 5.75. The summed E-state index contributed by atoms with van der Waals surface area (Å²) < 4.78 is 0. The lowest BCUT2D eigenvalue weighted by atomic mass is 9.89. The predicted molar refractivity (Wildman–Crippen MR) is 69.4 cm³/mol. The van der Waals surface area contributed by atoms with E-state index in [2.05, 4.69) is 19.2 Å². The number of urea groups is 1. The lowest BCUT2D eigenvalue weighted by Crippen LogP contribution is -2.41. The molecule has 5 nitrogen and oxygen atoms in total.